The van der Waals surface area contributed by atoms with Crippen molar-refractivity contribution in [3.8, 4) is 0 Å². The molecule has 0 bridgehead atoms. The lowest BCUT2D eigenvalue weighted by molar-refractivity contribution is -0.331. The Morgan fingerprint density at radius 2 is 0.778 bits per heavy atom. The van der Waals surface area contributed by atoms with Gasteiger partial charge < -0.3 is 47.4 Å². The van der Waals surface area contributed by atoms with Crippen LogP contribution in [0.15, 0.2) is 152 Å². The van der Waals surface area contributed by atoms with Crippen LogP contribution in [0.5, 0.6) is 0 Å². The maximum absolute atomic E-state index is 14.2. The number of thioether (sulfide) groups is 1. The van der Waals surface area contributed by atoms with E-state index >= 15 is 0 Å². The molecule has 2 fully saturated rings. The summed E-state index contributed by atoms with van der Waals surface area (Å²) in [5.74, 6) is -0.226. The van der Waals surface area contributed by atoms with Crippen molar-refractivity contribution in [2.24, 2.45) is 10.8 Å². The summed E-state index contributed by atoms with van der Waals surface area (Å²) in [5, 5.41) is 0. The van der Waals surface area contributed by atoms with Gasteiger partial charge in [-0.25, -0.2) is 0 Å². The van der Waals surface area contributed by atoms with E-state index in [1.165, 1.54) is 11.8 Å². The number of rotatable bonds is 23. The largest absolute Gasteiger partial charge is 0.455 e. The number of hydrogen-bond donors (Lipinski definition) is 0. The minimum Gasteiger partial charge on any atom is -0.455 e. The molecule has 2 aliphatic heterocycles. The van der Waals surface area contributed by atoms with Crippen LogP contribution in [0.4, 0.5) is 0 Å². The summed E-state index contributed by atoms with van der Waals surface area (Å²) in [6.07, 6.45) is -8.14. The summed E-state index contributed by atoms with van der Waals surface area (Å²) in [4.78, 5) is 28.0. The Morgan fingerprint density at radius 1 is 0.431 bits per heavy atom. The third-order valence-electron chi connectivity index (χ3n) is 12.2. The number of carbonyl (C=O) groups excluding carboxylic acids is 2. The molecule has 4 unspecified atom stereocenters. The van der Waals surface area contributed by atoms with Gasteiger partial charge in [0.05, 0.1) is 57.1 Å². The lowest BCUT2D eigenvalue weighted by atomic mass is 9.95. The van der Waals surface area contributed by atoms with Gasteiger partial charge in [0.1, 0.15) is 42.1 Å². The van der Waals surface area contributed by atoms with E-state index in [4.69, 9.17) is 47.4 Å². The van der Waals surface area contributed by atoms with E-state index in [1.54, 1.807) is 20.8 Å². The number of carbonyl (C=O) groups is 2. The van der Waals surface area contributed by atoms with Crippen LogP contribution >= 0.6 is 11.8 Å². The van der Waals surface area contributed by atoms with Gasteiger partial charge in [0.25, 0.3) is 0 Å². The standard InChI is InChI=1S/C59H72O12S/c1-8-72-55-53(71-57(61)59(5,6)7)51(66-38-45-32-22-13-23-33-45)49(64-36-43-28-18-11-19-29-43)47(69-55)40-67-54-52(70-56(60)58(2,3)4)50(65-37-44-30-20-12-21-31-44)48(63-35-42-26-16-10-17-27-42)46(68-54)39-62-34-41-24-14-9-15-25-41/h9-33,46-55H,8,34-40H2,1-7H3/t46?,47?,48-,49+,50+,51+,52?,53?,54-,55+/m1/s1. The lowest BCUT2D eigenvalue weighted by Crippen LogP contribution is -2.64. The van der Waals surface area contributed by atoms with Gasteiger partial charge in [0, 0.05) is 0 Å². The van der Waals surface area contributed by atoms with Crippen LogP contribution in [0.2, 0.25) is 0 Å². The fourth-order valence-electron chi connectivity index (χ4n) is 8.22. The first kappa shape index (κ1) is 54.8. The SMILES string of the molecule is CCS[C@@H]1OC(CO[C@@H]2OC(COCc3ccccc3)[C@@H](OCc3ccccc3)[C@H](OCc3ccccc3)C2OC(=O)C(C)(C)C)[C@H](OCc2ccccc2)[C@H](OCc2ccccc2)C1OC(=O)C(C)(C)C. The third-order valence-corrected chi connectivity index (χ3v) is 13.2. The van der Waals surface area contributed by atoms with Gasteiger partial charge in [-0.15, -0.1) is 11.8 Å². The topological polar surface area (TPSA) is 126 Å². The quantitative estimate of drug-likeness (QED) is 0.0577. The summed E-state index contributed by atoms with van der Waals surface area (Å²) in [5.41, 5.74) is 2.31. The fraction of sp³-hybridized carbons (Fsp3) is 0.458. The number of ether oxygens (including phenoxy) is 10. The number of esters is 2. The van der Waals surface area contributed by atoms with Crippen molar-refractivity contribution < 1.29 is 57.0 Å². The van der Waals surface area contributed by atoms with Crippen molar-refractivity contribution in [2.75, 3.05) is 19.0 Å². The molecule has 12 nitrogen and oxygen atoms in total. The molecule has 0 aromatic heterocycles. The fourth-order valence-corrected chi connectivity index (χ4v) is 9.16. The monoisotopic (exact) mass is 1000 g/mol. The Hall–Kier alpha value is -4.93. The molecule has 0 radical (unpaired) electrons. The lowest BCUT2D eigenvalue weighted by Gasteiger charge is -2.48. The molecule has 386 valence electrons. The Balaban J connectivity index is 1.26. The van der Waals surface area contributed by atoms with Gasteiger partial charge in [0.2, 0.25) is 0 Å². The first-order valence-corrected chi connectivity index (χ1v) is 26.0. The van der Waals surface area contributed by atoms with Crippen molar-refractivity contribution in [3.05, 3.63) is 179 Å². The molecule has 0 aliphatic carbocycles. The van der Waals surface area contributed by atoms with Crippen LogP contribution < -0.4 is 0 Å². The highest BCUT2D eigenvalue weighted by atomic mass is 32.2. The van der Waals surface area contributed by atoms with Gasteiger partial charge in [-0.05, 0) is 75.1 Å². The van der Waals surface area contributed by atoms with E-state index < -0.39 is 83.3 Å². The molecule has 0 N–H and O–H groups in total. The van der Waals surface area contributed by atoms with Crippen molar-refractivity contribution in [1.29, 1.82) is 0 Å². The van der Waals surface area contributed by atoms with Gasteiger partial charge >= 0.3 is 11.9 Å². The zero-order valence-corrected chi connectivity index (χ0v) is 43.5. The minimum atomic E-state index is -1.21. The Bertz CT molecular complexity index is 2350. The van der Waals surface area contributed by atoms with Crippen LogP contribution in [0.3, 0.4) is 0 Å². The second-order valence-electron chi connectivity index (χ2n) is 20.2. The molecule has 13 heteroatoms. The summed E-state index contributed by atoms with van der Waals surface area (Å²) in [7, 11) is 0. The first-order valence-electron chi connectivity index (χ1n) is 25.0. The summed E-state index contributed by atoms with van der Waals surface area (Å²) in [6, 6.07) is 49.2. The highest BCUT2D eigenvalue weighted by Gasteiger charge is 2.54. The second-order valence-corrected chi connectivity index (χ2v) is 21.5. The normalized spacial score (nSPS) is 24.6. The molecular formula is C59H72O12S. The molecule has 5 aromatic carbocycles. The average molecular weight is 1010 g/mol. The molecule has 72 heavy (non-hydrogen) atoms. The van der Waals surface area contributed by atoms with Crippen molar-refractivity contribution in [3.63, 3.8) is 0 Å². The van der Waals surface area contributed by atoms with Crippen molar-refractivity contribution in [1.82, 2.24) is 0 Å². The average Bonchev–Trinajstić information content (AvgIpc) is 3.38. The minimum absolute atomic E-state index is 0.0908. The molecule has 7 rings (SSSR count). The predicted molar refractivity (Wildman–Crippen MR) is 276 cm³/mol. The van der Waals surface area contributed by atoms with E-state index in [0.29, 0.717) is 12.4 Å². The van der Waals surface area contributed by atoms with E-state index in [1.807, 2.05) is 179 Å². The van der Waals surface area contributed by atoms with Crippen molar-refractivity contribution in [2.45, 2.75) is 142 Å². The third kappa shape index (κ3) is 16.0. The maximum Gasteiger partial charge on any atom is 0.311 e. The highest BCUT2D eigenvalue weighted by molar-refractivity contribution is 7.99. The molecule has 5 aromatic rings. The molecular weight excluding hydrogens is 933 g/mol. The van der Waals surface area contributed by atoms with Gasteiger partial charge in [-0.2, -0.15) is 0 Å². The Kier molecular flexibility index (Phi) is 20.5. The Morgan fingerprint density at radius 3 is 1.17 bits per heavy atom. The molecule has 2 heterocycles. The molecule has 0 spiro atoms. The van der Waals surface area contributed by atoms with E-state index in [-0.39, 0.29) is 39.6 Å². The highest BCUT2D eigenvalue weighted by Crippen LogP contribution is 2.38. The van der Waals surface area contributed by atoms with E-state index in [2.05, 4.69) is 0 Å². The van der Waals surface area contributed by atoms with Crippen LogP contribution in [-0.2, 0) is 90.0 Å². The number of benzene rings is 5. The molecule has 0 saturated carbocycles. The maximum atomic E-state index is 14.2. The van der Waals surface area contributed by atoms with E-state index in [9.17, 15) is 9.59 Å². The smallest absolute Gasteiger partial charge is 0.311 e. The Labute approximate surface area is 430 Å². The van der Waals surface area contributed by atoms with Gasteiger partial charge in [0.15, 0.2) is 18.5 Å². The van der Waals surface area contributed by atoms with Crippen LogP contribution in [-0.4, -0.2) is 91.5 Å². The van der Waals surface area contributed by atoms with Gasteiger partial charge in [-0.3, -0.25) is 9.59 Å². The second kappa shape index (κ2) is 26.9. The summed E-state index contributed by atoms with van der Waals surface area (Å²) >= 11 is 1.50. The molecule has 10 atom stereocenters. The van der Waals surface area contributed by atoms with Crippen LogP contribution in [0, 0.1) is 10.8 Å². The van der Waals surface area contributed by atoms with Gasteiger partial charge in [-0.1, -0.05) is 159 Å². The van der Waals surface area contributed by atoms with Crippen LogP contribution in [0.1, 0.15) is 76.3 Å². The van der Waals surface area contributed by atoms with Crippen LogP contribution in [0.25, 0.3) is 0 Å². The summed E-state index contributed by atoms with van der Waals surface area (Å²) in [6.45, 7) is 14.0. The first-order chi connectivity index (χ1) is 34.8. The van der Waals surface area contributed by atoms with Crippen molar-refractivity contribution >= 4 is 23.7 Å². The summed E-state index contributed by atoms with van der Waals surface area (Å²) < 4.78 is 67.7. The number of hydrogen-bond acceptors (Lipinski definition) is 13. The zero-order chi connectivity index (χ0) is 50.9. The van der Waals surface area contributed by atoms with E-state index in [0.717, 1.165) is 27.8 Å². The zero-order valence-electron chi connectivity index (χ0n) is 42.7. The molecule has 0 amide bonds. The molecule has 2 saturated heterocycles. The molecule has 2 aliphatic rings. The predicted octanol–water partition coefficient (Wildman–Crippen LogP) is 10.7.